The van der Waals surface area contributed by atoms with Crippen LogP contribution in [0.15, 0.2) is 6.07 Å². The first-order valence-electron chi connectivity index (χ1n) is 9.45. The SMILES string of the molecule is CC(C)N1CCN(C2CN(Cc3cc4n(n3)CCCC4)C2)CC1. The van der Waals surface area contributed by atoms with Gasteiger partial charge in [-0.15, -0.1) is 0 Å². The normalized spacial score (nSPS) is 24.8. The van der Waals surface area contributed by atoms with Gasteiger partial charge < -0.3 is 0 Å². The fourth-order valence-corrected chi connectivity index (χ4v) is 4.31. The summed E-state index contributed by atoms with van der Waals surface area (Å²) in [5.41, 5.74) is 2.73. The van der Waals surface area contributed by atoms with Crippen LogP contribution in [0.1, 0.15) is 38.1 Å². The van der Waals surface area contributed by atoms with E-state index in [0.29, 0.717) is 6.04 Å². The van der Waals surface area contributed by atoms with Crippen LogP contribution >= 0.6 is 0 Å². The second kappa shape index (κ2) is 6.54. The lowest BCUT2D eigenvalue weighted by atomic mass is 10.1. The molecule has 0 unspecified atom stereocenters. The van der Waals surface area contributed by atoms with Crippen molar-refractivity contribution in [2.24, 2.45) is 0 Å². The second-order valence-electron chi connectivity index (χ2n) is 7.82. The van der Waals surface area contributed by atoms with Crippen molar-refractivity contribution in [2.45, 2.75) is 58.3 Å². The molecule has 2 saturated heterocycles. The van der Waals surface area contributed by atoms with Crippen molar-refractivity contribution in [3.8, 4) is 0 Å². The molecule has 0 atom stereocenters. The van der Waals surface area contributed by atoms with Crippen LogP contribution in [0.3, 0.4) is 0 Å². The van der Waals surface area contributed by atoms with Crippen molar-refractivity contribution in [1.29, 1.82) is 0 Å². The molecule has 0 amide bonds. The molecule has 0 saturated carbocycles. The van der Waals surface area contributed by atoms with E-state index < -0.39 is 0 Å². The molecule has 3 aliphatic rings. The smallest absolute Gasteiger partial charge is 0.0767 e. The maximum atomic E-state index is 4.79. The highest BCUT2D eigenvalue weighted by atomic mass is 15.4. The number of likely N-dealkylation sites (tertiary alicyclic amines) is 1. The lowest BCUT2D eigenvalue weighted by molar-refractivity contribution is -0.00467. The first-order valence-corrected chi connectivity index (χ1v) is 9.45. The average Bonchev–Trinajstić information content (AvgIpc) is 2.93. The Hall–Kier alpha value is -0.910. The molecule has 4 heterocycles. The van der Waals surface area contributed by atoms with Gasteiger partial charge in [-0.2, -0.15) is 5.10 Å². The number of piperazine rings is 1. The van der Waals surface area contributed by atoms with Gasteiger partial charge in [-0.05, 0) is 39.2 Å². The molecule has 2 fully saturated rings. The Balaban J connectivity index is 1.23. The number of hydrogen-bond acceptors (Lipinski definition) is 4. The van der Waals surface area contributed by atoms with E-state index in [1.165, 1.54) is 69.9 Å². The summed E-state index contributed by atoms with van der Waals surface area (Å²) in [6.45, 7) is 14.2. The third kappa shape index (κ3) is 3.32. The maximum absolute atomic E-state index is 4.79. The van der Waals surface area contributed by atoms with Gasteiger partial charge in [0.25, 0.3) is 0 Å². The Kier molecular flexibility index (Phi) is 4.43. The molecule has 23 heavy (non-hydrogen) atoms. The van der Waals surface area contributed by atoms with Crippen molar-refractivity contribution in [2.75, 3.05) is 39.3 Å². The minimum Gasteiger partial charge on any atom is -0.298 e. The number of hydrogen-bond donors (Lipinski definition) is 0. The van der Waals surface area contributed by atoms with Gasteiger partial charge in [0.1, 0.15) is 0 Å². The Labute approximate surface area is 140 Å². The molecule has 0 aromatic carbocycles. The Morgan fingerprint density at radius 3 is 2.57 bits per heavy atom. The quantitative estimate of drug-likeness (QED) is 0.840. The standard InChI is InChI=1S/C18H31N5/c1-15(2)21-7-9-22(10-8-21)18-13-20(14-18)12-16-11-17-5-3-4-6-23(17)19-16/h11,15,18H,3-10,12-14H2,1-2H3. The lowest BCUT2D eigenvalue weighted by Crippen LogP contribution is -2.63. The summed E-state index contributed by atoms with van der Waals surface area (Å²) in [5, 5.41) is 4.79. The summed E-state index contributed by atoms with van der Waals surface area (Å²) in [5.74, 6) is 0. The summed E-state index contributed by atoms with van der Waals surface area (Å²) < 4.78 is 2.24. The molecular formula is C18H31N5. The highest BCUT2D eigenvalue weighted by Gasteiger charge is 2.34. The van der Waals surface area contributed by atoms with Gasteiger partial charge in [-0.1, -0.05) is 0 Å². The van der Waals surface area contributed by atoms with Gasteiger partial charge in [0.2, 0.25) is 0 Å². The Morgan fingerprint density at radius 1 is 1.09 bits per heavy atom. The molecule has 3 aliphatic heterocycles. The van der Waals surface area contributed by atoms with Crippen molar-refractivity contribution in [3.63, 3.8) is 0 Å². The summed E-state index contributed by atoms with van der Waals surface area (Å²) >= 11 is 0. The number of aromatic nitrogens is 2. The van der Waals surface area contributed by atoms with Gasteiger partial charge in [0, 0.05) is 70.1 Å². The van der Waals surface area contributed by atoms with Crippen molar-refractivity contribution < 1.29 is 0 Å². The van der Waals surface area contributed by atoms with Gasteiger partial charge in [-0.3, -0.25) is 19.4 Å². The molecular weight excluding hydrogens is 286 g/mol. The average molecular weight is 317 g/mol. The maximum Gasteiger partial charge on any atom is 0.0767 e. The van der Waals surface area contributed by atoms with Crippen LogP contribution in [-0.2, 0) is 19.5 Å². The molecule has 1 aromatic rings. The zero-order valence-corrected chi connectivity index (χ0v) is 14.7. The Morgan fingerprint density at radius 2 is 1.87 bits per heavy atom. The van der Waals surface area contributed by atoms with E-state index in [0.717, 1.165) is 19.1 Å². The first-order chi connectivity index (χ1) is 11.2. The molecule has 0 N–H and O–H groups in total. The van der Waals surface area contributed by atoms with E-state index in [1.54, 1.807) is 0 Å². The summed E-state index contributed by atoms with van der Waals surface area (Å²) in [7, 11) is 0. The molecule has 0 bridgehead atoms. The molecule has 0 spiro atoms. The van der Waals surface area contributed by atoms with Crippen LogP contribution in [0.25, 0.3) is 0 Å². The topological polar surface area (TPSA) is 27.5 Å². The van der Waals surface area contributed by atoms with Crippen LogP contribution in [0, 0.1) is 0 Å². The fraction of sp³-hybridized carbons (Fsp3) is 0.833. The predicted octanol–water partition coefficient (Wildman–Crippen LogP) is 1.43. The van der Waals surface area contributed by atoms with Crippen molar-refractivity contribution in [1.82, 2.24) is 24.5 Å². The van der Waals surface area contributed by atoms with E-state index in [1.807, 2.05) is 0 Å². The molecule has 5 nitrogen and oxygen atoms in total. The van der Waals surface area contributed by atoms with Gasteiger partial charge in [0.15, 0.2) is 0 Å². The minimum absolute atomic E-state index is 0.696. The first kappa shape index (κ1) is 15.6. The largest absolute Gasteiger partial charge is 0.298 e. The van der Waals surface area contributed by atoms with Crippen LogP contribution < -0.4 is 0 Å². The number of nitrogens with zero attached hydrogens (tertiary/aromatic N) is 5. The molecule has 0 radical (unpaired) electrons. The van der Waals surface area contributed by atoms with Crippen LogP contribution in [0.2, 0.25) is 0 Å². The van der Waals surface area contributed by atoms with Crippen LogP contribution in [0.4, 0.5) is 0 Å². The van der Waals surface area contributed by atoms with Crippen LogP contribution in [0.5, 0.6) is 0 Å². The van der Waals surface area contributed by atoms with E-state index in [-0.39, 0.29) is 0 Å². The molecule has 5 heteroatoms. The van der Waals surface area contributed by atoms with E-state index in [9.17, 15) is 0 Å². The van der Waals surface area contributed by atoms with Gasteiger partial charge in [-0.25, -0.2) is 0 Å². The number of rotatable bonds is 4. The van der Waals surface area contributed by atoms with Crippen molar-refractivity contribution >= 4 is 0 Å². The predicted molar refractivity (Wildman–Crippen MR) is 92.5 cm³/mol. The third-order valence-corrected chi connectivity index (χ3v) is 5.89. The highest BCUT2D eigenvalue weighted by Crippen LogP contribution is 2.21. The van der Waals surface area contributed by atoms with E-state index in [4.69, 9.17) is 5.10 Å². The van der Waals surface area contributed by atoms with E-state index >= 15 is 0 Å². The van der Waals surface area contributed by atoms with Gasteiger partial charge >= 0.3 is 0 Å². The molecule has 4 rings (SSSR count). The van der Waals surface area contributed by atoms with Crippen LogP contribution in [-0.4, -0.2) is 75.8 Å². The zero-order valence-electron chi connectivity index (χ0n) is 14.7. The minimum atomic E-state index is 0.696. The Bertz CT molecular complexity index is 500. The summed E-state index contributed by atoms with van der Waals surface area (Å²) in [6.07, 6.45) is 3.84. The third-order valence-electron chi connectivity index (χ3n) is 5.89. The molecule has 0 aliphatic carbocycles. The number of fused-ring (bicyclic) bond motifs is 1. The highest BCUT2D eigenvalue weighted by molar-refractivity contribution is 5.12. The second-order valence-corrected chi connectivity index (χ2v) is 7.82. The monoisotopic (exact) mass is 317 g/mol. The fourth-order valence-electron chi connectivity index (χ4n) is 4.31. The van der Waals surface area contributed by atoms with Gasteiger partial charge in [0.05, 0.1) is 5.69 Å². The van der Waals surface area contributed by atoms with Crippen molar-refractivity contribution in [3.05, 3.63) is 17.5 Å². The molecule has 1 aromatic heterocycles. The van der Waals surface area contributed by atoms with E-state index in [2.05, 4.69) is 39.3 Å². The zero-order chi connectivity index (χ0) is 15.8. The number of aryl methyl sites for hydroxylation is 2. The summed E-state index contributed by atoms with van der Waals surface area (Å²) in [6, 6.07) is 3.82. The molecule has 128 valence electrons. The summed E-state index contributed by atoms with van der Waals surface area (Å²) in [4.78, 5) is 7.87. The lowest BCUT2D eigenvalue weighted by Gasteiger charge is -2.48.